The molecule has 0 spiro atoms. The quantitative estimate of drug-likeness (QED) is 0.788. The van der Waals surface area contributed by atoms with Gasteiger partial charge in [0.2, 0.25) is 5.91 Å². The van der Waals surface area contributed by atoms with Gasteiger partial charge in [-0.1, -0.05) is 11.6 Å². The van der Waals surface area contributed by atoms with Gasteiger partial charge in [0.25, 0.3) is 0 Å². The number of carboxylic acid groups (broad SMARTS) is 1. The number of aromatic nitrogens is 1. The highest BCUT2D eigenvalue weighted by Gasteiger charge is 2.37. The monoisotopic (exact) mass is 287 g/mol. The lowest BCUT2D eigenvalue weighted by Crippen LogP contribution is -2.44. The molecule has 1 atom stereocenters. The van der Waals surface area contributed by atoms with E-state index in [0.29, 0.717) is 0 Å². The van der Waals surface area contributed by atoms with Gasteiger partial charge in [0.1, 0.15) is 6.04 Å². The lowest BCUT2D eigenvalue weighted by atomic mass is 10.1. The molecule has 1 fully saturated rings. The summed E-state index contributed by atoms with van der Waals surface area (Å²) in [6.45, 7) is 0. The summed E-state index contributed by atoms with van der Waals surface area (Å²) in [6.07, 6.45) is 1.41. The summed E-state index contributed by atoms with van der Waals surface area (Å²) >= 11 is 5.54. The number of carbonyl (C=O) groups is 2. The van der Waals surface area contributed by atoms with Gasteiger partial charge in [0, 0.05) is 6.20 Å². The number of nitrogens with one attached hydrogen (secondary N) is 2. The Balaban J connectivity index is 2.07. The van der Waals surface area contributed by atoms with E-state index in [1.807, 2.05) is 0 Å². The predicted octanol–water partition coefficient (Wildman–Crippen LogP) is 1.86. The molecule has 0 saturated heterocycles. The van der Waals surface area contributed by atoms with Crippen LogP contribution in [0.25, 0.3) is 0 Å². The maximum atomic E-state index is 13.5. The largest absolute Gasteiger partial charge is 0.465 e. The molecule has 0 aliphatic heterocycles. The summed E-state index contributed by atoms with van der Waals surface area (Å²) in [6, 6.07) is 0.121. The minimum Gasteiger partial charge on any atom is -0.465 e. The molecular formula is C11H11ClFN3O3. The fourth-order valence-corrected chi connectivity index (χ4v) is 1.81. The molecule has 1 aliphatic carbocycles. The number of pyridine rings is 1. The van der Waals surface area contributed by atoms with Crippen molar-refractivity contribution >= 4 is 29.4 Å². The van der Waals surface area contributed by atoms with E-state index < -0.39 is 23.9 Å². The molecule has 1 aromatic rings. The molecule has 0 aromatic carbocycles. The topological polar surface area (TPSA) is 91.3 Å². The van der Waals surface area contributed by atoms with Crippen LogP contribution in [0.2, 0.25) is 5.02 Å². The maximum Gasteiger partial charge on any atom is 0.405 e. The molecule has 1 aliphatic rings. The maximum absolute atomic E-state index is 13.5. The van der Waals surface area contributed by atoms with Crippen molar-refractivity contribution in [3.8, 4) is 0 Å². The van der Waals surface area contributed by atoms with Gasteiger partial charge >= 0.3 is 6.09 Å². The van der Waals surface area contributed by atoms with Crippen LogP contribution in [0.15, 0.2) is 12.3 Å². The second-order valence-corrected chi connectivity index (χ2v) is 4.67. The van der Waals surface area contributed by atoms with Crippen molar-refractivity contribution in [2.24, 2.45) is 5.92 Å². The zero-order valence-corrected chi connectivity index (χ0v) is 10.4. The van der Waals surface area contributed by atoms with Gasteiger partial charge in [-0.2, -0.15) is 0 Å². The van der Waals surface area contributed by atoms with E-state index in [1.165, 1.54) is 6.20 Å². The Labute approximate surface area is 113 Å². The van der Waals surface area contributed by atoms with Crippen molar-refractivity contribution in [2.45, 2.75) is 18.9 Å². The van der Waals surface area contributed by atoms with E-state index in [1.54, 1.807) is 0 Å². The van der Waals surface area contributed by atoms with E-state index in [4.69, 9.17) is 16.7 Å². The van der Waals surface area contributed by atoms with Crippen LogP contribution in [0.1, 0.15) is 12.8 Å². The molecule has 6 nitrogen and oxygen atoms in total. The number of hydrogen-bond acceptors (Lipinski definition) is 3. The van der Waals surface area contributed by atoms with Crippen LogP contribution in [0, 0.1) is 11.7 Å². The fraction of sp³-hybridized carbons (Fsp3) is 0.364. The van der Waals surface area contributed by atoms with Crippen LogP contribution in [0.3, 0.4) is 0 Å². The summed E-state index contributed by atoms with van der Waals surface area (Å²) in [7, 11) is 0. The molecule has 1 heterocycles. The fourth-order valence-electron chi connectivity index (χ4n) is 1.66. The van der Waals surface area contributed by atoms with Gasteiger partial charge in [-0.25, -0.2) is 14.2 Å². The number of halogens is 2. The standard InChI is InChI=1S/C11H11ClFN3O3/c12-6-3-7(13)9(14-4-6)16-10(17)8(5-1-2-5)15-11(18)19/h3-5,8,15H,1-2H2,(H,18,19)(H,14,16,17)/t8-/m0/s1. The van der Waals surface area contributed by atoms with Crippen LogP contribution in [-0.2, 0) is 4.79 Å². The van der Waals surface area contributed by atoms with Crippen LogP contribution >= 0.6 is 11.6 Å². The molecule has 19 heavy (non-hydrogen) atoms. The van der Waals surface area contributed by atoms with E-state index in [-0.39, 0.29) is 16.8 Å². The van der Waals surface area contributed by atoms with Gasteiger partial charge in [0.05, 0.1) is 5.02 Å². The Morgan fingerprint density at radius 1 is 1.53 bits per heavy atom. The summed E-state index contributed by atoms with van der Waals surface area (Å²) in [5, 5.41) is 13.2. The minimum atomic E-state index is -1.29. The van der Waals surface area contributed by atoms with Crippen molar-refractivity contribution < 1.29 is 19.1 Å². The number of rotatable bonds is 4. The van der Waals surface area contributed by atoms with E-state index >= 15 is 0 Å². The van der Waals surface area contributed by atoms with Crippen molar-refractivity contribution in [3.63, 3.8) is 0 Å². The van der Waals surface area contributed by atoms with Crippen molar-refractivity contribution in [1.29, 1.82) is 0 Å². The third kappa shape index (κ3) is 3.54. The van der Waals surface area contributed by atoms with Crippen molar-refractivity contribution in [2.75, 3.05) is 5.32 Å². The third-order valence-electron chi connectivity index (χ3n) is 2.70. The zero-order chi connectivity index (χ0) is 14.0. The van der Waals surface area contributed by atoms with Crippen LogP contribution in [-0.4, -0.2) is 28.1 Å². The third-order valence-corrected chi connectivity index (χ3v) is 2.91. The van der Waals surface area contributed by atoms with Gasteiger partial charge in [-0.15, -0.1) is 0 Å². The molecule has 1 saturated carbocycles. The van der Waals surface area contributed by atoms with Crippen LogP contribution in [0.5, 0.6) is 0 Å². The Hall–Kier alpha value is -1.89. The van der Waals surface area contributed by atoms with Crippen LogP contribution in [0.4, 0.5) is 15.0 Å². The smallest absolute Gasteiger partial charge is 0.405 e. The first-order valence-corrected chi connectivity index (χ1v) is 5.96. The second kappa shape index (κ2) is 5.40. The Kier molecular flexibility index (Phi) is 3.84. The first-order valence-electron chi connectivity index (χ1n) is 5.58. The molecule has 8 heteroatoms. The number of anilines is 1. The van der Waals surface area contributed by atoms with Gasteiger partial charge in [-0.05, 0) is 24.8 Å². The SMILES string of the molecule is O=C(O)N[C@H](C(=O)Nc1ncc(Cl)cc1F)C1CC1. The summed E-state index contributed by atoms with van der Waals surface area (Å²) < 4.78 is 13.5. The number of amides is 2. The average molecular weight is 288 g/mol. The molecule has 1 aromatic heterocycles. The predicted molar refractivity (Wildman–Crippen MR) is 65.5 cm³/mol. The Morgan fingerprint density at radius 2 is 2.21 bits per heavy atom. The van der Waals surface area contributed by atoms with Gasteiger partial charge in [0.15, 0.2) is 11.6 Å². The number of nitrogens with zero attached hydrogens (tertiary/aromatic N) is 1. The molecule has 2 rings (SSSR count). The summed E-state index contributed by atoms with van der Waals surface area (Å²) in [5.41, 5.74) is 0. The number of carbonyl (C=O) groups excluding carboxylic acids is 1. The van der Waals surface area contributed by atoms with Crippen molar-refractivity contribution in [3.05, 3.63) is 23.1 Å². The molecule has 0 radical (unpaired) electrons. The highest BCUT2D eigenvalue weighted by Crippen LogP contribution is 2.33. The molecule has 3 N–H and O–H groups in total. The summed E-state index contributed by atoms with van der Waals surface area (Å²) in [5.74, 6) is -1.72. The summed E-state index contributed by atoms with van der Waals surface area (Å²) in [4.78, 5) is 26.1. The minimum absolute atomic E-state index is 0.0496. The second-order valence-electron chi connectivity index (χ2n) is 4.24. The highest BCUT2D eigenvalue weighted by molar-refractivity contribution is 6.30. The average Bonchev–Trinajstić information content (AvgIpc) is 3.13. The van der Waals surface area contributed by atoms with Gasteiger partial charge in [-0.3, -0.25) is 4.79 Å². The van der Waals surface area contributed by atoms with E-state index in [2.05, 4.69) is 15.6 Å². The number of hydrogen-bond donors (Lipinski definition) is 3. The van der Waals surface area contributed by atoms with Crippen molar-refractivity contribution in [1.82, 2.24) is 10.3 Å². The van der Waals surface area contributed by atoms with Gasteiger partial charge < -0.3 is 15.7 Å². The van der Waals surface area contributed by atoms with Crippen LogP contribution < -0.4 is 10.6 Å². The van der Waals surface area contributed by atoms with E-state index in [9.17, 15) is 14.0 Å². The molecule has 102 valence electrons. The first-order chi connectivity index (χ1) is 8.97. The Bertz CT molecular complexity index is 522. The molecular weight excluding hydrogens is 277 g/mol. The normalized spacial score (nSPS) is 15.7. The Morgan fingerprint density at radius 3 is 2.74 bits per heavy atom. The molecule has 2 amide bonds. The van der Waals surface area contributed by atoms with E-state index in [0.717, 1.165) is 18.9 Å². The molecule has 0 bridgehead atoms. The lowest BCUT2D eigenvalue weighted by molar-refractivity contribution is -0.118. The first kappa shape index (κ1) is 13.5. The highest BCUT2D eigenvalue weighted by atomic mass is 35.5. The molecule has 0 unspecified atom stereocenters. The zero-order valence-electron chi connectivity index (χ0n) is 9.69. The lowest BCUT2D eigenvalue weighted by Gasteiger charge is -2.15.